The first-order chi connectivity index (χ1) is 5.63. The Morgan fingerprint density at radius 2 is 2.08 bits per heavy atom. The molecule has 0 unspecified atom stereocenters. The Bertz CT molecular complexity index is 307. The molecule has 0 heterocycles. The van der Waals surface area contributed by atoms with E-state index < -0.39 is 11.2 Å². The molecule has 0 bridgehead atoms. The van der Waals surface area contributed by atoms with E-state index in [4.69, 9.17) is 11.6 Å². The fraction of sp³-hybridized carbons (Fsp3) is 0. The number of carbonyl (C=O) groups is 1. The molecular weight excluding hydrogens is 248 g/mol. The summed E-state index contributed by atoms with van der Waals surface area (Å²) in [4.78, 5) is 10.6. The summed E-state index contributed by atoms with van der Waals surface area (Å²) in [5.41, 5.74) is 0.0949. The predicted octanol–water partition coefficient (Wildman–Crippen LogP) is 3.30. The van der Waals surface area contributed by atoms with Gasteiger partial charge >= 0.3 is 5.37 Å². The first-order valence-electron chi connectivity index (χ1n) is 3.03. The van der Waals surface area contributed by atoms with Crippen LogP contribution in [0.1, 0.15) is 0 Å². The molecule has 12 heavy (non-hydrogen) atoms. The highest BCUT2D eigenvalue weighted by Crippen LogP contribution is 2.22. The second-order valence-electron chi connectivity index (χ2n) is 1.99. The second-order valence-corrected chi connectivity index (χ2v) is 3.02. The van der Waals surface area contributed by atoms with E-state index in [0.29, 0.717) is 0 Å². The molecule has 0 N–H and O–H groups in total. The maximum atomic E-state index is 12.9. The van der Waals surface area contributed by atoms with Gasteiger partial charge in [-0.1, -0.05) is 12.1 Å². The van der Waals surface area contributed by atoms with Gasteiger partial charge < -0.3 is 0 Å². The van der Waals surface area contributed by atoms with Crippen LogP contribution < -0.4 is 3.93 Å². The molecule has 64 valence electrons. The zero-order chi connectivity index (χ0) is 9.14. The highest BCUT2D eigenvalue weighted by molar-refractivity contribution is 9.10. The van der Waals surface area contributed by atoms with E-state index in [0.717, 1.165) is 3.93 Å². The van der Waals surface area contributed by atoms with Gasteiger partial charge in [0.15, 0.2) is 0 Å². The van der Waals surface area contributed by atoms with Gasteiger partial charge in [0.25, 0.3) is 0 Å². The standard InChI is InChI=1S/C7H4BrClFNO/c8-11(7(9)12)6-4-2-1-3-5(6)10/h1-4H. The Labute approximate surface area is 82.3 Å². The quantitative estimate of drug-likeness (QED) is 0.427. The summed E-state index contributed by atoms with van der Waals surface area (Å²) in [6.07, 6.45) is 0. The van der Waals surface area contributed by atoms with Crippen molar-refractivity contribution in [2.75, 3.05) is 3.93 Å². The third-order valence-electron chi connectivity index (χ3n) is 1.22. The molecule has 0 atom stereocenters. The normalized spacial score (nSPS) is 9.58. The lowest BCUT2D eigenvalue weighted by Crippen LogP contribution is -2.12. The van der Waals surface area contributed by atoms with Crippen LogP contribution in [0, 0.1) is 5.82 Å². The summed E-state index contributed by atoms with van der Waals surface area (Å²) in [5, 5.41) is -0.792. The highest BCUT2D eigenvalue weighted by atomic mass is 79.9. The minimum absolute atomic E-state index is 0.0949. The number of anilines is 1. The van der Waals surface area contributed by atoms with Crippen LogP contribution in [0.3, 0.4) is 0 Å². The van der Waals surface area contributed by atoms with E-state index in [-0.39, 0.29) is 5.69 Å². The Hall–Kier alpha value is -0.610. The van der Waals surface area contributed by atoms with Crippen LogP contribution in [0.5, 0.6) is 0 Å². The number of benzene rings is 1. The third-order valence-corrected chi connectivity index (χ3v) is 2.30. The Morgan fingerprint density at radius 1 is 1.50 bits per heavy atom. The van der Waals surface area contributed by atoms with E-state index >= 15 is 0 Å². The molecule has 0 aliphatic carbocycles. The lowest BCUT2D eigenvalue weighted by Gasteiger charge is -2.10. The van der Waals surface area contributed by atoms with Crippen molar-refractivity contribution in [2.45, 2.75) is 0 Å². The van der Waals surface area contributed by atoms with Gasteiger partial charge in [-0.15, -0.1) is 0 Å². The molecule has 1 amide bonds. The van der Waals surface area contributed by atoms with Crippen LogP contribution >= 0.6 is 27.7 Å². The zero-order valence-corrected chi connectivity index (χ0v) is 8.14. The number of hydrogen-bond acceptors (Lipinski definition) is 1. The SMILES string of the molecule is O=C(Cl)N(Br)c1ccccc1F. The van der Waals surface area contributed by atoms with Gasteiger partial charge in [0.1, 0.15) is 5.82 Å². The third kappa shape index (κ3) is 1.95. The topological polar surface area (TPSA) is 20.3 Å². The van der Waals surface area contributed by atoms with Gasteiger partial charge in [0, 0.05) is 0 Å². The van der Waals surface area contributed by atoms with Crippen molar-refractivity contribution in [3.05, 3.63) is 30.1 Å². The lowest BCUT2D eigenvalue weighted by atomic mass is 10.3. The van der Waals surface area contributed by atoms with Crippen LogP contribution in [0.15, 0.2) is 24.3 Å². The van der Waals surface area contributed by atoms with Crippen LogP contribution in [-0.2, 0) is 0 Å². The molecule has 5 heteroatoms. The lowest BCUT2D eigenvalue weighted by molar-refractivity contribution is 0.267. The number of rotatable bonds is 1. The van der Waals surface area contributed by atoms with E-state index in [1.165, 1.54) is 18.2 Å². The fourth-order valence-corrected chi connectivity index (χ4v) is 1.08. The van der Waals surface area contributed by atoms with Gasteiger partial charge in [0.2, 0.25) is 0 Å². The zero-order valence-electron chi connectivity index (χ0n) is 5.80. The molecule has 0 radical (unpaired) electrons. The molecule has 1 aromatic carbocycles. The van der Waals surface area contributed by atoms with Gasteiger partial charge in [-0.3, -0.25) is 4.79 Å². The van der Waals surface area contributed by atoms with Crippen molar-refractivity contribution in [1.82, 2.24) is 0 Å². The highest BCUT2D eigenvalue weighted by Gasteiger charge is 2.12. The van der Waals surface area contributed by atoms with Crippen LogP contribution in [0.4, 0.5) is 14.9 Å². The van der Waals surface area contributed by atoms with Crippen molar-refractivity contribution >= 4 is 38.8 Å². The Balaban J connectivity index is 3.02. The van der Waals surface area contributed by atoms with Crippen molar-refractivity contribution in [2.24, 2.45) is 0 Å². The van der Waals surface area contributed by atoms with Gasteiger partial charge in [0.05, 0.1) is 21.8 Å². The molecule has 0 saturated heterocycles. The molecule has 0 aromatic heterocycles. The second kappa shape index (κ2) is 3.87. The maximum Gasteiger partial charge on any atom is 0.331 e. The van der Waals surface area contributed by atoms with E-state index in [1.807, 2.05) is 0 Å². The smallest absolute Gasteiger partial charge is 0.254 e. The first-order valence-corrected chi connectivity index (χ1v) is 4.11. The summed E-state index contributed by atoms with van der Waals surface area (Å²) in [6, 6.07) is 5.80. The molecule has 2 nitrogen and oxygen atoms in total. The largest absolute Gasteiger partial charge is 0.331 e. The minimum atomic E-state index is -0.792. The number of para-hydroxylation sites is 1. The van der Waals surface area contributed by atoms with Crippen molar-refractivity contribution < 1.29 is 9.18 Å². The summed E-state index contributed by atoms with van der Waals surface area (Å²) in [6.45, 7) is 0. The minimum Gasteiger partial charge on any atom is -0.254 e. The molecular formula is C7H4BrClFNO. The average Bonchev–Trinajstić information content (AvgIpc) is 2.04. The molecule has 0 aliphatic rings. The number of hydrogen-bond donors (Lipinski definition) is 0. The summed E-state index contributed by atoms with van der Waals surface area (Å²) in [5.74, 6) is -0.511. The summed E-state index contributed by atoms with van der Waals surface area (Å²) in [7, 11) is 0. The van der Waals surface area contributed by atoms with Crippen LogP contribution in [0.2, 0.25) is 0 Å². The van der Waals surface area contributed by atoms with E-state index in [1.54, 1.807) is 6.07 Å². The van der Waals surface area contributed by atoms with Gasteiger partial charge in [-0.2, -0.15) is 0 Å². The number of halogens is 3. The average molecular weight is 252 g/mol. The van der Waals surface area contributed by atoms with E-state index in [2.05, 4.69) is 16.1 Å². The Kier molecular flexibility index (Phi) is 3.05. The van der Waals surface area contributed by atoms with Crippen LogP contribution in [0.25, 0.3) is 0 Å². The first kappa shape index (κ1) is 9.48. The van der Waals surface area contributed by atoms with Gasteiger partial charge in [-0.05, 0) is 23.7 Å². The molecule has 0 fully saturated rings. The summed E-state index contributed by atoms with van der Waals surface area (Å²) < 4.78 is 13.8. The number of nitrogens with zero attached hydrogens (tertiary/aromatic N) is 1. The molecule has 1 rings (SSSR count). The Morgan fingerprint density at radius 3 is 2.58 bits per heavy atom. The van der Waals surface area contributed by atoms with Crippen molar-refractivity contribution in [1.29, 1.82) is 0 Å². The number of carbonyl (C=O) groups excluding carboxylic acids is 1. The molecule has 0 aliphatic heterocycles. The predicted molar refractivity (Wildman–Crippen MR) is 49.1 cm³/mol. The molecule has 0 spiro atoms. The van der Waals surface area contributed by atoms with E-state index in [9.17, 15) is 9.18 Å². The summed E-state index contributed by atoms with van der Waals surface area (Å²) >= 11 is 7.92. The van der Waals surface area contributed by atoms with Crippen molar-refractivity contribution in [3.8, 4) is 0 Å². The maximum absolute atomic E-state index is 12.9. The van der Waals surface area contributed by atoms with Gasteiger partial charge in [-0.25, -0.2) is 8.32 Å². The monoisotopic (exact) mass is 251 g/mol. The fourth-order valence-electron chi connectivity index (χ4n) is 0.706. The van der Waals surface area contributed by atoms with Crippen LogP contribution in [-0.4, -0.2) is 5.37 Å². The van der Waals surface area contributed by atoms with Crippen molar-refractivity contribution in [3.63, 3.8) is 0 Å². The number of amides is 1. The molecule has 1 aromatic rings. The molecule has 0 saturated carbocycles.